The summed E-state index contributed by atoms with van der Waals surface area (Å²) in [6, 6.07) is 5.11. The predicted octanol–water partition coefficient (Wildman–Crippen LogP) is 2.78. The molecule has 0 fully saturated rings. The summed E-state index contributed by atoms with van der Waals surface area (Å²) in [6.45, 7) is 3.40. The molecular formula is C14H12ClN5O2. The van der Waals surface area contributed by atoms with Gasteiger partial charge in [0.1, 0.15) is 24.0 Å². The van der Waals surface area contributed by atoms with Gasteiger partial charge in [0.15, 0.2) is 0 Å². The molecule has 0 bridgehead atoms. The van der Waals surface area contributed by atoms with Crippen molar-refractivity contribution in [2.45, 2.75) is 13.8 Å². The normalized spacial score (nSPS) is 10.7. The van der Waals surface area contributed by atoms with Crippen LogP contribution in [-0.4, -0.2) is 25.8 Å². The number of carbonyl (C=O) groups excluding carboxylic acids is 1. The number of halogens is 1. The van der Waals surface area contributed by atoms with E-state index >= 15 is 0 Å². The molecular weight excluding hydrogens is 306 g/mol. The summed E-state index contributed by atoms with van der Waals surface area (Å²) in [4.78, 5) is 16.4. The number of aromatic nitrogens is 4. The van der Waals surface area contributed by atoms with Crippen LogP contribution in [0, 0.1) is 13.8 Å². The third-order valence-corrected chi connectivity index (χ3v) is 3.37. The van der Waals surface area contributed by atoms with Crippen LogP contribution in [0.2, 0.25) is 5.02 Å². The molecule has 1 amide bonds. The van der Waals surface area contributed by atoms with Gasteiger partial charge in [-0.1, -0.05) is 16.8 Å². The Morgan fingerprint density at radius 2 is 2.18 bits per heavy atom. The zero-order valence-electron chi connectivity index (χ0n) is 11.9. The lowest BCUT2D eigenvalue weighted by molar-refractivity contribution is 0.102. The third kappa shape index (κ3) is 2.58. The molecule has 2 aromatic heterocycles. The number of aryl methyl sites for hydroxylation is 2. The highest BCUT2D eigenvalue weighted by Gasteiger charge is 2.19. The van der Waals surface area contributed by atoms with Gasteiger partial charge in [0.05, 0.1) is 17.1 Å². The molecule has 3 aromatic rings. The molecule has 22 heavy (non-hydrogen) atoms. The molecule has 0 aliphatic heterocycles. The number of nitrogens with zero attached hydrogens (tertiary/aromatic N) is 4. The average Bonchev–Trinajstić information content (AvgIpc) is 3.09. The molecule has 0 saturated heterocycles. The minimum absolute atomic E-state index is 0.320. The SMILES string of the molecule is Cc1noc(C)c1C(=O)Nc1cc(Cl)ccc1-n1cncn1. The maximum absolute atomic E-state index is 12.5. The summed E-state index contributed by atoms with van der Waals surface area (Å²) in [5.41, 5.74) is 2.11. The van der Waals surface area contributed by atoms with E-state index in [1.807, 2.05) is 0 Å². The second kappa shape index (κ2) is 5.61. The van der Waals surface area contributed by atoms with Gasteiger partial charge in [0, 0.05) is 5.02 Å². The molecule has 0 aliphatic rings. The Bertz CT molecular complexity index is 806. The van der Waals surface area contributed by atoms with Crippen LogP contribution in [-0.2, 0) is 0 Å². The largest absolute Gasteiger partial charge is 0.361 e. The first-order valence-electron chi connectivity index (χ1n) is 6.45. The molecule has 0 atom stereocenters. The molecule has 0 radical (unpaired) electrons. The average molecular weight is 318 g/mol. The van der Waals surface area contributed by atoms with E-state index in [0.717, 1.165) is 0 Å². The molecule has 0 aliphatic carbocycles. The smallest absolute Gasteiger partial charge is 0.261 e. The zero-order chi connectivity index (χ0) is 15.7. The summed E-state index contributed by atoms with van der Waals surface area (Å²) in [5, 5.41) is 11.2. The number of anilines is 1. The first-order valence-corrected chi connectivity index (χ1v) is 6.83. The summed E-state index contributed by atoms with van der Waals surface area (Å²) in [7, 11) is 0. The monoisotopic (exact) mass is 317 g/mol. The Hall–Kier alpha value is -2.67. The van der Waals surface area contributed by atoms with Crippen molar-refractivity contribution in [1.29, 1.82) is 0 Å². The fraction of sp³-hybridized carbons (Fsp3) is 0.143. The fourth-order valence-electron chi connectivity index (χ4n) is 2.13. The van der Waals surface area contributed by atoms with Gasteiger partial charge in [-0.05, 0) is 32.0 Å². The van der Waals surface area contributed by atoms with Crippen LogP contribution in [0.3, 0.4) is 0 Å². The molecule has 3 rings (SSSR count). The molecule has 0 spiro atoms. The first kappa shape index (κ1) is 14.3. The Kier molecular flexibility index (Phi) is 3.64. The lowest BCUT2D eigenvalue weighted by atomic mass is 10.2. The second-order valence-electron chi connectivity index (χ2n) is 4.65. The lowest BCUT2D eigenvalue weighted by Gasteiger charge is -2.11. The van der Waals surface area contributed by atoms with Crippen LogP contribution in [0.4, 0.5) is 5.69 Å². The number of nitrogens with one attached hydrogen (secondary N) is 1. The Morgan fingerprint density at radius 3 is 2.82 bits per heavy atom. The van der Waals surface area contributed by atoms with Gasteiger partial charge in [-0.2, -0.15) is 5.10 Å². The van der Waals surface area contributed by atoms with Gasteiger partial charge >= 0.3 is 0 Å². The maximum Gasteiger partial charge on any atom is 0.261 e. The highest BCUT2D eigenvalue weighted by Crippen LogP contribution is 2.25. The van der Waals surface area contributed by atoms with Crippen LogP contribution < -0.4 is 5.32 Å². The highest BCUT2D eigenvalue weighted by atomic mass is 35.5. The van der Waals surface area contributed by atoms with Crippen LogP contribution >= 0.6 is 11.6 Å². The number of hydrogen-bond donors (Lipinski definition) is 1. The zero-order valence-corrected chi connectivity index (χ0v) is 12.6. The van der Waals surface area contributed by atoms with E-state index in [-0.39, 0.29) is 5.91 Å². The minimum Gasteiger partial charge on any atom is -0.361 e. The first-order chi connectivity index (χ1) is 10.6. The number of carbonyl (C=O) groups is 1. The van der Waals surface area contributed by atoms with Gasteiger partial charge in [0.25, 0.3) is 5.91 Å². The van der Waals surface area contributed by atoms with Crippen LogP contribution in [0.5, 0.6) is 0 Å². The number of hydrogen-bond acceptors (Lipinski definition) is 5. The van der Waals surface area contributed by atoms with Gasteiger partial charge < -0.3 is 9.84 Å². The lowest BCUT2D eigenvalue weighted by Crippen LogP contribution is -2.15. The van der Waals surface area contributed by atoms with Gasteiger partial charge in [-0.25, -0.2) is 9.67 Å². The summed E-state index contributed by atoms with van der Waals surface area (Å²) >= 11 is 6.02. The van der Waals surface area contributed by atoms with Crippen molar-refractivity contribution in [3.8, 4) is 5.69 Å². The maximum atomic E-state index is 12.5. The highest BCUT2D eigenvalue weighted by molar-refractivity contribution is 6.31. The molecule has 112 valence electrons. The quantitative estimate of drug-likeness (QED) is 0.802. The van der Waals surface area contributed by atoms with Crippen molar-refractivity contribution in [3.63, 3.8) is 0 Å². The van der Waals surface area contributed by atoms with Gasteiger partial charge in [-0.3, -0.25) is 4.79 Å². The van der Waals surface area contributed by atoms with Crippen molar-refractivity contribution < 1.29 is 9.32 Å². The third-order valence-electron chi connectivity index (χ3n) is 3.13. The van der Waals surface area contributed by atoms with Crippen molar-refractivity contribution >= 4 is 23.2 Å². The van der Waals surface area contributed by atoms with E-state index in [1.165, 1.54) is 12.7 Å². The molecule has 1 aromatic carbocycles. The molecule has 0 saturated carbocycles. The van der Waals surface area contributed by atoms with Crippen LogP contribution in [0.15, 0.2) is 35.4 Å². The Balaban J connectivity index is 1.99. The standard InChI is InChI=1S/C14H12ClN5O2/c1-8-13(9(2)22-19-8)14(21)18-11-5-10(15)3-4-12(11)20-7-16-6-17-20/h3-7H,1-2H3,(H,18,21). The molecule has 7 nitrogen and oxygen atoms in total. The van der Waals surface area contributed by atoms with Crippen molar-refractivity contribution in [3.05, 3.63) is 52.9 Å². The predicted molar refractivity (Wildman–Crippen MR) is 80.3 cm³/mol. The molecule has 2 heterocycles. The summed E-state index contributed by atoms with van der Waals surface area (Å²) in [6.07, 6.45) is 2.95. The van der Waals surface area contributed by atoms with Gasteiger partial charge in [0.2, 0.25) is 0 Å². The van der Waals surface area contributed by atoms with E-state index in [9.17, 15) is 4.79 Å². The van der Waals surface area contributed by atoms with Crippen molar-refractivity contribution in [2.75, 3.05) is 5.32 Å². The van der Waals surface area contributed by atoms with E-state index in [1.54, 1.807) is 36.7 Å². The van der Waals surface area contributed by atoms with Gasteiger partial charge in [-0.15, -0.1) is 0 Å². The van der Waals surface area contributed by atoms with Crippen molar-refractivity contribution in [1.82, 2.24) is 19.9 Å². The Morgan fingerprint density at radius 1 is 1.36 bits per heavy atom. The van der Waals surface area contributed by atoms with E-state index < -0.39 is 0 Å². The topological polar surface area (TPSA) is 85.8 Å². The van der Waals surface area contributed by atoms with Crippen LogP contribution in [0.25, 0.3) is 5.69 Å². The number of amides is 1. The summed E-state index contributed by atoms with van der Waals surface area (Å²) in [5.74, 6) is 0.138. The summed E-state index contributed by atoms with van der Waals surface area (Å²) < 4.78 is 6.56. The Labute approximate surface area is 130 Å². The fourth-order valence-corrected chi connectivity index (χ4v) is 2.30. The number of benzene rings is 1. The molecule has 8 heteroatoms. The van der Waals surface area contributed by atoms with Crippen LogP contribution in [0.1, 0.15) is 21.8 Å². The number of rotatable bonds is 3. The van der Waals surface area contributed by atoms with E-state index in [0.29, 0.717) is 33.4 Å². The van der Waals surface area contributed by atoms with E-state index in [4.69, 9.17) is 16.1 Å². The minimum atomic E-state index is -0.320. The second-order valence-corrected chi connectivity index (χ2v) is 5.09. The molecule has 0 unspecified atom stereocenters. The molecule has 1 N–H and O–H groups in total. The van der Waals surface area contributed by atoms with Crippen molar-refractivity contribution in [2.24, 2.45) is 0 Å². The van der Waals surface area contributed by atoms with E-state index in [2.05, 4.69) is 20.6 Å².